The summed E-state index contributed by atoms with van der Waals surface area (Å²) in [7, 11) is 0. The highest BCUT2D eigenvalue weighted by atomic mass is 16.5. The van der Waals surface area contributed by atoms with E-state index in [-0.39, 0.29) is 24.1 Å². The lowest BCUT2D eigenvalue weighted by Crippen LogP contribution is -2.40. The number of rotatable bonds is 10. The number of amides is 1. The van der Waals surface area contributed by atoms with Gasteiger partial charge in [0.25, 0.3) is 5.56 Å². The molecule has 0 aliphatic rings. The Morgan fingerprint density at radius 2 is 2.00 bits per heavy atom. The van der Waals surface area contributed by atoms with Gasteiger partial charge in [-0.2, -0.15) is 0 Å². The third-order valence-corrected chi connectivity index (χ3v) is 4.95. The molecule has 0 spiro atoms. The molecular formula is C24H30N4O3. The Bertz CT molecular complexity index is 1080. The van der Waals surface area contributed by atoms with E-state index in [9.17, 15) is 9.59 Å². The van der Waals surface area contributed by atoms with E-state index < -0.39 is 0 Å². The number of benzene rings is 2. The third kappa shape index (κ3) is 6.39. The standard InChI is InChI=1S/C24H30N4O3/c1-4-12-31-19-9-7-8-18(13-19)14-25-23(29)16-28(17(2)3)15-22-26-21-11-6-5-10-20(21)24(30)27-22/h5-11,13,17H,4,12,14-16H2,1-3H3,(H,25,29)(H,26,27,30). The van der Waals surface area contributed by atoms with E-state index in [0.717, 1.165) is 17.7 Å². The summed E-state index contributed by atoms with van der Waals surface area (Å²) in [6.07, 6.45) is 0.948. The molecule has 0 bridgehead atoms. The molecule has 1 aromatic heterocycles. The lowest BCUT2D eigenvalue weighted by molar-refractivity contribution is -0.123. The first-order valence-electron chi connectivity index (χ1n) is 10.7. The van der Waals surface area contributed by atoms with Crippen LogP contribution in [0.2, 0.25) is 0 Å². The van der Waals surface area contributed by atoms with Crippen LogP contribution in [-0.2, 0) is 17.9 Å². The quantitative estimate of drug-likeness (QED) is 0.524. The molecule has 164 valence electrons. The molecule has 0 aliphatic carbocycles. The highest BCUT2D eigenvalue weighted by Crippen LogP contribution is 2.14. The van der Waals surface area contributed by atoms with Gasteiger partial charge in [-0.25, -0.2) is 4.98 Å². The van der Waals surface area contributed by atoms with Crippen molar-refractivity contribution in [1.29, 1.82) is 0 Å². The topological polar surface area (TPSA) is 87.3 Å². The summed E-state index contributed by atoms with van der Waals surface area (Å²) < 4.78 is 5.65. The van der Waals surface area contributed by atoms with Gasteiger partial charge in [0.1, 0.15) is 11.6 Å². The third-order valence-electron chi connectivity index (χ3n) is 4.95. The summed E-state index contributed by atoms with van der Waals surface area (Å²) in [6.45, 7) is 7.78. The van der Waals surface area contributed by atoms with E-state index in [4.69, 9.17) is 4.74 Å². The van der Waals surface area contributed by atoms with Gasteiger partial charge in [0.15, 0.2) is 0 Å². The zero-order valence-electron chi connectivity index (χ0n) is 18.4. The van der Waals surface area contributed by atoms with Crippen molar-refractivity contribution in [3.63, 3.8) is 0 Å². The van der Waals surface area contributed by atoms with Crippen molar-refractivity contribution in [3.05, 3.63) is 70.3 Å². The smallest absolute Gasteiger partial charge is 0.258 e. The van der Waals surface area contributed by atoms with Crippen LogP contribution >= 0.6 is 0 Å². The fourth-order valence-electron chi connectivity index (χ4n) is 3.23. The first-order valence-corrected chi connectivity index (χ1v) is 10.7. The van der Waals surface area contributed by atoms with E-state index in [2.05, 4.69) is 22.2 Å². The van der Waals surface area contributed by atoms with Crippen LogP contribution in [0.1, 0.15) is 38.6 Å². The maximum Gasteiger partial charge on any atom is 0.258 e. The molecule has 0 atom stereocenters. The highest BCUT2D eigenvalue weighted by Gasteiger charge is 2.16. The zero-order chi connectivity index (χ0) is 22.2. The average Bonchev–Trinajstić information content (AvgIpc) is 2.76. The van der Waals surface area contributed by atoms with Crippen LogP contribution in [0.25, 0.3) is 10.9 Å². The normalized spacial score (nSPS) is 11.3. The van der Waals surface area contributed by atoms with Gasteiger partial charge in [0, 0.05) is 12.6 Å². The monoisotopic (exact) mass is 422 g/mol. The molecule has 31 heavy (non-hydrogen) atoms. The molecule has 1 heterocycles. The summed E-state index contributed by atoms with van der Waals surface area (Å²) in [4.78, 5) is 34.3. The number of ether oxygens (including phenoxy) is 1. The Balaban J connectivity index is 1.61. The van der Waals surface area contributed by atoms with Crippen molar-refractivity contribution >= 4 is 16.8 Å². The largest absolute Gasteiger partial charge is 0.494 e. The Morgan fingerprint density at radius 3 is 2.77 bits per heavy atom. The van der Waals surface area contributed by atoms with E-state index in [1.54, 1.807) is 6.07 Å². The van der Waals surface area contributed by atoms with Crippen LogP contribution in [0, 0.1) is 0 Å². The molecule has 0 saturated heterocycles. The zero-order valence-corrected chi connectivity index (χ0v) is 18.4. The van der Waals surface area contributed by atoms with Gasteiger partial charge in [0.05, 0.1) is 30.6 Å². The number of hydrogen-bond acceptors (Lipinski definition) is 5. The van der Waals surface area contributed by atoms with Crippen LogP contribution in [0.4, 0.5) is 0 Å². The van der Waals surface area contributed by atoms with Gasteiger partial charge in [-0.15, -0.1) is 0 Å². The maximum atomic E-state index is 12.6. The Kier molecular flexibility index (Phi) is 7.78. The van der Waals surface area contributed by atoms with Crippen LogP contribution in [-0.4, -0.2) is 40.0 Å². The fraction of sp³-hybridized carbons (Fsp3) is 0.375. The number of fused-ring (bicyclic) bond motifs is 1. The van der Waals surface area contributed by atoms with Crippen molar-refractivity contribution in [2.24, 2.45) is 0 Å². The van der Waals surface area contributed by atoms with E-state index in [1.807, 2.05) is 61.2 Å². The van der Waals surface area contributed by atoms with Crippen molar-refractivity contribution in [2.45, 2.75) is 46.3 Å². The Hall–Kier alpha value is -3.19. The number of hydrogen-bond donors (Lipinski definition) is 2. The number of carbonyl (C=O) groups excluding carboxylic acids is 1. The predicted molar refractivity (Wildman–Crippen MR) is 122 cm³/mol. The molecule has 0 fully saturated rings. The van der Waals surface area contributed by atoms with E-state index >= 15 is 0 Å². The van der Waals surface area contributed by atoms with Gasteiger partial charge in [-0.1, -0.05) is 31.2 Å². The first-order chi connectivity index (χ1) is 15.0. The van der Waals surface area contributed by atoms with Crippen molar-refractivity contribution in [2.75, 3.05) is 13.2 Å². The lowest BCUT2D eigenvalue weighted by atomic mass is 10.2. The Labute approximate surface area is 182 Å². The predicted octanol–water partition coefficient (Wildman–Crippen LogP) is 3.24. The molecular weight excluding hydrogens is 392 g/mol. The fourth-order valence-corrected chi connectivity index (χ4v) is 3.23. The maximum absolute atomic E-state index is 12.6. The molecule has 3 rings (SSSR count). The minimum atomic E-state index is -0.168. The second kappa shape index (κ2) is 10.7. The Morgan fingerprint density at radius 1 is 1.19 bits per heavy atom. The summed E-state index contributed by atoms with van der Waals surface area (Å²) in [5.41, 5.74) is 1.47. The molecule has 7 nitrogen and oxygen atoms in total. The number of aromatic amines is 1. The number of aromatic nitrogens is 2. The van der Waals surface area contributed by atoms with Gasteiger partial charge in [0.2, 0.25) is 5.91 Å². The van der Waals surface area contributed by atoms with Crippen molar-refractivity contribution in [1.82, 2.24) is 20.2 Å². The molecule has 3 aromatic rings. The lowest BCUT2D eigenvalue weighted by Gasteiger charge is -2.25. The number of H-pyrrole nitrogens is 1. The van der Waals surface area contributed by atoms with Crippen LogP contribution in [0.5, 0.6) is 5.75 Å². The summed E-state index contributed by atoms with van der Waals surface area (Å²) in [6, 6.07) is 15.1. The average molecular weight is 423 g/mol. The molecule has 0 aliphatic heterocycles. The van der Waals surface area contributed by atoms with Gasteiger partial charge < -0.3 is 15.0 Å². The number of nitrogens with zero attached hydrogens (tertiary/aromatic N) is 2. The molecule has 2 N–H and O–H groups in total. The second-order valence-electron chi connectivity index (χ2n) is 7.80. The summed E-state index contributed by atoms with van der Waals surface area (Å²) in [5, 5.41) is 3.53. The van der Waals surface area contributed by atoms with E-state index in [0.29, 0.717) is 36.4 Å². The van der Waals surface area contributed by atoms with Crippen LogP contribution in [0.15, 0.2) is 53.3 Å². The second-order valence-corrected chi connectivity index (χ2v) is 7.80. The minimum Gasteiger partial charge on any atom is -0.494 e. The molecule has 0 unspecified atom stereocenters. The molecule has 1 amide bonds. The molecule has 0 radical (unpaired) electrons. The van der Waals surface area contributed by atoms with Gasteiger partial charge in [-0.3, -0.25) is 14.5 Å². The van der Waals surface area contributed by atoms with Gasteiger partial charge >= 0.3 is 0 Å². The molecule has 0 saturated carbocycles. The van der Waals surface area contributed by atoms with Crippen molar-refractivity contribution < 1.29 is 9.53 Å². The van der Waals surface area contributed by atoms with E-state index in [1.165, 1.54) is 0 Å². The van der Waals surface area contributed by atoms with Crippen LogP contribution < -0.4 is 15.6 Å². The first kappa shape index (κ1) is 22.5. The molecule has 7 heteroatoms. The number of nitrogens with one attached hydrogen (secondary N) is 2. The number of para-hydroxylation sites is 1. The minimum absolute atomic E-state index is 0.0864. The molecule has 2 aromatic carbocycles. The number of carbonyl (C=O) groups is 1. The highest BCUT2D eigenvalue weighted by molar-refractivity contribution is 5.78. The van der Waals surface area contributed by atoms with Crippen molar-refractivity contribution in [3.8, 4) is 5.75 Å². The summed E-state index contributed by atoms with van der Waals surface area (Å²) in [5.74, 6) is 1.27. The van der Waals surface area contributed by atoms with Gasteiger partial charge in [-0.05, 0) is 50.1 Å². The SMILES string of the molecule is CCCOc1cccc(CNC(=O)CN(Cc2nc3ccccc3c(=O)[nH]2)C(C)C)c1. The summed E-state index contributed by atoms with van der Waals surface area (Å²) >= 11 is 0. The van der Waals surface area contributed by atoms with Crippen LogP contribution in [0.3, 0.4) is 0 Å².